The largest absolute Gasteiger partial charge is 0.308 e. The summed E-state index contributed by atoms with van der Waals surface area (Å²) in [6.45, 7) is 6.46. The Labute approximate surface area is 116 Å². The molecule has 2 rings (SSSR count). The lowest BCUT2D eigenvalue weighted by molar-refractivity contribution is 0.312. The van der Waals surface area contributed by atoms with E-state index in [9.17, 15) is 0 Å². The van der Waals surface area contributed by atoms with Gasteiger partial charge in [0, 0.05) is 17.2 Å². The summed E-state index contributed by atoms with van der Waals surface area (Å²) >= 11 is 0. The predicted molar refractivity (Wildman–Crippen MR) is 78.9 cm³/mol. The fraction of sp³-hybridized carbons (Fsp3) is 0.733. The average molecular weight is 262 g/mol. The quantitative estimate of drug-likeness (QED) is 0.645. The Bertz CT molecular complexity index is 422. The fourth-order valence-electron chi connectivity index (χ4n) is 3.17. The number of anilines is 1. The zero-order chi connectivity index (χ0) is 13.8. The zero-order valence-corrected chi connectivity index (χ0v) is 12.4. The Kier molecular flexibility index (Phi) is 4.75. The lowest BCUT2D eigenvalue weighted by Gasteiger charge is -2.27. The number of hydrazine groups is 1. The van der Waals surface area contributed by atoms with Gasteiger partial charge in [0.1, 0.15) is 11.6 Å². The Hall–Kier alpha value is -1.16. The number of nitrogens with two attached hydrogens (primary N) is 1. The standard InChI is InChI=1S/C15H26N4/c1-4-11-6-8-12(9-7-11)14-17-10(3)13(5-2)15(18-14)19-16/h11-12H,4-9,16H2,1-3H3,(H,17,18,19). The van der Waals surface area contributed by atoms with Crippen LogP contribution in [-0.4, -0.2) is 9.97 Å². The first-order chi connectivity index (χ1) is 9.19. The molecular formula is C15H26N4. The molecule has 0 unspecified atom stereocenters. The molecule has 1 aliphatic carbocycles. The van der Waals surface area contributed by atoms with Crippen molar-refractivity contribution in [3.05, 3.63) is 17.1 Å². The molecule has 0 aliphatic heterocycles. The maximum atomic E-state index is 5.60. The highest BCUT2D eigenvalue weighted by Gasteiger charge is 2.24. The molecule has 1 heterocycles. The first-order valence-corrected chi connectivity index (χ1v) is 7.53. The van der Waals surface area contributed by atoms with Gasteiger partial charge in [-0.1, -0.05) is 20.3 Å². The van der Waals surface area contributed by atoms with Gasteiger partial charge < -0.3 is 5.43 Å². The van der Waals surface area contributed by atoms with Crippen LogP contribution in [0, 0.1) is 12.8 Å². The molecule has 4 heteroatoms. The summed E-state index contributed by atoms with van der Waals surface area (Å²) in [6.07, 6.45) is 7.26. The van der Waals surface area contributed by atoms with Crippen LogP contribution in [-0.2, 0) is 6.42 Å². The smallest absolute Gasteiger partial charge is 0.147 e. The van der Waals surface area contributed by atoms with Crippen LogP contribution in [0.25, 0.3) is 0 Å². The summed E-state index contributed by atoms with van der Waals surface area (Å²) in [6, 6.07) is 0. The van der Waals surface area contributed by atoms with E-state index in [1.54, 1.807) is 0 Å². The molecule has 1 aliphatic rings. The molecule has 0 atom stereocenters. The van der Waals surface area contributed by atoms with Gasteiger partial charge in [-0.25, -0.2) is 15.8 Å². The summed E-state index contributed by atoms with van der Waals surface area (Å²) in [5, 5.41) is 0. The number of aryl methyl sites for hydroxylation is 1. The van der Waals surface area contributed by atoms with Crippen LogP contribution in [0.2, 0.25) is 0 Å². The summed E-state index contributed by atoms with van der Waals surface area (Å²) in [4.78, 5) is 9.37. The van der Waals surface area contributed by atoms with Crippen molar-refractivity contribution in [3.63, 3.8) is 0 Å². The molecule has 106 valence electrons. The molecule has 1 fully saturated rings. The molecule has 0 radical (unpaired) electrons. The number of nitrogens with zero attached hydrogens (tertiary/aromatic N) is 2. The highest BCUT2D eigenvalue weighted by atomic mass is 15.3. The van der Waals surface area contributed by atoms with Crippen LogP contribution < -0.4 is 11.3 Å². The molecule has 0 amide bonds. The first-order valence-electron chi connectivity index (χ1n) is 7.53. The third kappa shape index (κ3) is 3.06. The van der Waals surface area contributed by atoms with Crippen molar-refractivity contribution in [2.45, 2.75) is 65.2 Å². The van der Waals surface area contributed by atoms with Gasteiger partial charge in [-0.2, -0.15) is 0 Å². The van der Waals surface area contributed by atoms with E-state index < -0.39 is 0 Å². The molecule has 1 aromatic rings. The molecule has 19 heavy (non-hydrogen) atoms. The molecule has 0 bridgehead atoms. The number of hydrogen-bond acceptors (Lipinski definition) is 4. The van der Waals surface area contributed by atoms with E-state index in [2.05, 4.69) is 31.2 Å². The Morgan fingerprint density at radius 3 is 2.37 bits per heavy atom. The third-order valence-electron chi connectivity index (χ3n) is 4.51. The molecular weight excluding hydrogens is 236 g/mol. The van der Waals surface area contributed by atoms with Crippen LogP contribution in [0.5, 0.6) is 0 Å². The minimum Gasteiger partial charge on any atom is -0.308 e. The SMILES string of the molecule is CCc1c(C)nc(C2CCC(CC)CC2)nc1NN. The van der Waals surface area contributed by atoms with Crippen LogP contribution in [0.1, 0.15) is 69.0 Å². The van der Waals surface area contributed by atoms with E-state index in [0.29, 0.717) is 5.92 Å². The molecule has 0 spiro atoms. The van der Waals surface area contributed by atoms with E-state index >= 15 is 0 Å². The van der Waals surface area contributed by atoms with Crippen molar-refractivity contribution in [2.24, 2.45) is 11.8 Å². The van der Waals surface area contributed by atoms with Crippen LogP contribution in [0.15, 0.2) is 0 Å². The number of rotatable bonds is 4. The topological polar surface area (TPSA) is 63.8 Å². The third-order valence-corrected chi connectivity index (χ3v) is 4.51. The number of nitrogen functional groups attached to an aromatic ring is 1. The second kappa shape index (κ2) is 6.33. The predicted octanol–water partition coefficient (Wildman–Crippen LogP) is 3.32. The van der Waals surface area contributed by atoms with Crippen molar-refractivity contribution >= 4 is 5.82 Å². The van der Waals surface area contributed by atoms with Crippen molar-refractivity contribution in [3.8, 4) is 0 Å². The van der Waals surface area contributed by atoms with E-state index in [4.69, 9.17) is 10.8 Å². The van der Waals surface area contributed by atoms with Gasteiger partial charge >= 0.3 is 0 Å². The molecule has 0 aromatic carbocycles. The van der Waals surface area contributed by atoms with E-state index in [1.165, 1.54) is 32.1 Å². The Morgan fingerprint density at radius 2 is 1.84 bits per heavy atom. The maximum Gasteiger partial charge on any atom is 0.147 e. The molecule has 1 saturated carbocycles. The van der Waals surface area contributed by atoms with Gasteiger partial charge in [0.2, 0.25) is 0 Å². The monoisotopic (exact) mass is 262 g/mol. The summed E-state index contributed by atoms with van der Waals surface area (Å²) in [5.74, 6) is 8.80. The fourth-order valence-corrected chi connectivity index (χ4v) is 3.17. The maximum absolute atomic E-state index is 5.60. The van der Waals surface area contributed by atoms with Gasteiger partial charge in [-0.3, -0.25) is 0 Å². The minimum absolute atomic E-state index is 0.513. The summed E-state index contributed by atoms with van der Waals surface area (Å²) in [5.41, 5.74) is 4.94. The van der Waals surface area contributed by atoms with Crippen LogP contribution >= 0.6 is 0 Å². The number of nitrogens with one attached hydrogen (secondary N) is 1. The van der Waals surface area contributed by atoms with Crippen LogP contribution in [0.4, 0.5) is 5.82 Å². The molecule has 0 saturated heterocycles. The van der Waals surface area contributed by atoms with E-state index in [0.717, 1.165) is 35.2 Å². The average Bonchev–Trinajstić information content (AvgIpc) is 2.46. The van der Waals surface area contributed by atoms with Crippen molar-refractivity contribution < 1.29 is 0 Å². The van der Waals surface area contributed by atoms with Crippen molar-refractivity contribution in [1.82, 2.24) is 9.97 Å². The van der Waals surface area contributed by atoms with Gasteiger partial charge in [0.25, 0.3) is 0 Å². The highest BCUT2D eigenvalue weighted by Crippen LogP contribution is 2.36. The second-order valence-corrected chi connectivity index (χ2v) is 5.62. The van der Waals surface area contributed by atoms with Gasteiger partial charge in [0.15, 0.2) is 0 Å². The Balaban J connectivity index is 2.19. The van der Waals surface area contributed by atoms with Gasteiger partial charge in [-0.05, 0) is 44.9 Å². The Morgan fingerprint density at radius 1 is 1.16 bits per heavy atom. The normalized spacial score (nSPS) is 23.4. The lowest BCUT2D eigenvalue weighted by atomic mass is 9.80. The summed E-state index contributed by atoms with van der Waals surface area (Å²) in [7, 11) is 0. The minimum atomic E-state index is 0.513. The van der Waals surface area contributed by atoms with E-state index in [1.807, 2.05) is 0 Å². The van der Waals surface area contributed by atoms with Gasteiger partial charge in [0.05, 0.1) is 0 Å². The van der Waals surface area contributed by atoms with Crippen molar-refractivity contribution in [2.75, 3.05) is 5.43 Å². The molecule has 1 aromatic heterocycles. The zero-order valence-electron chi connectivity index (χ0n) is 12.4. The van der Waals surface area contributed by atoms with Crippen LogP contribution in [0.3, 0.4) is 0 Å². The van der Waals surface area contributed by atoms with E-state index in [-0.39, 0.29) is 0 Å². The first kappa shape index (κ1) is 14.3. The van der Waals surface area contributed by atoms with Gasteiger partial charge in [-0.15, -0.1) is 0 Å². The highest BCUT2D eigenvalue weighted by molar-refractivity contribution is 5.45. The summed E-state index contributed by atoms with van der Waals surface area (Å²) < 4.78 is 0. The molecule has 4 nitrogen and oxygen atoms in total. The lowest BCUT2D eigenvalue weighted by Crippen LogP contribution is -2.19. The second-order valence-electron chi connectivity index (χ2n) is 5.62. The van der Waals surface area contributed by atoms with Crippen molar-refractivity contribution in [1.29, 1.82) is 0 Å². The molecule has 3 N–H and O–H groups in total. The number of aromatic nitrogens is 2. The number of hydrogen-bond donors (Lipinski definition) is 2.